The molecule has 4 heteroatoms. The summed E-state index contributed by atoms with van der Waals surface area (Å²) in [6.45, 7) is 0. The van der Waals surface area contributed by atoms with Crippen molar-refractivity contribution in [3.05, 3.63) is 0 Å². The van der Waals surface area contributed by atoms with E-state index < -0.39 is 0 Å². The van der Waals surface area contributed by atoms with Crippen molar-refractivity contribution in [2.45, 2.75) is 0 Å². The van der Waals surface area contributed by atoms with E-state index in [9.17, 15) is 0 Å². The molecule has 0 saturated carbocycles. The maximum atomic E-state index is 7.83. The Morgan fingerprint density at radius 2 is 1.25 bits per heavy atom. The van der Waals surface area contributed by atoms with Gasteiger partial charge in [0.05, 0.1) is 0 Å². The summed E-state index contributed by atoms with van der Waals surface area (Å²) in [5.41, 5.74) is 0. The van der Waals surface area contributed by atoms with E-state index in [1.54, 1.807) is 0 Å². The van der Waals surface area contributed by atoms with Crippen molar-refractivity contribution in [3.63, 3.8) is 0 Å². The molecular formula is GeOSSn. The zero-order chi connectivity index (χ0) is 2.00. The van der Waals surface area contributed by atoms with Gasteiger partial charge in [-0.15, -0.1) is 0 Å². The fourth-order valence-electron chi connectivity index (χ4n) is 0. The molecule has 0 N–H and O–H groups in total. The first-order valence-electron chi connectivity index (χ1n) is 0.167. The van der Waals surface area contributed by atoms with Gasteiger partial charge in [-0.05, 0) is 0 Å². The maximum Gasteiger partial charge on any atom is 0.197 e. The Kier molecular flexibility index (Phi) is 122. The van der Waals surface area contributed by atoms with Crippen molar-refractivity contribution in [1.82, 2.24) is 0 Å². The van der Waals surface area contributed by atoms with E-state index in [0.29, 0.717) is 0 Å². The Bertz CT molecular complexity index is 8.00. The fourth-order valence-corrected chi connectivity index (χ4v) is 0. The van der Waals surface area contributed by atoms with Crippen LogP contribution in [0, 0.1) is 0 Å². The van der Waals surface area contributed by atoms with Gasteiger partial charge in [-0.1, -0.05) is 0 Å². The first-order chi connectivity index (χ1) is 1.00. The molecule has 0 aliphatic heterocycles. The van der Waals surface area contributed by atoms with Crippen molar-refractivity contribution in [3.8, 4) is 0 Å². The van der Waals surface area contributed by atoms with Crippen molar-refractivity contribution >= 4 is 54.0 Å². The minimum absolute atomic E-state index is 0. The molecule has 0 aromatic heterocycles. The van der Waals surface area contributed by atoms with Gasteiger partial charge in [0.25, 0.3) is 0 Å². The first-order valence-corrected chi connectivity index (χ1v) is 0.500. The van der Waals surface area contributed by atoms with E-state index in [1.165, 1.54) is 0 Å². The van der Waals surface area contributed by atoms with E-state index in [2.05, 4.69) is 12.5 Å². The minimum Gasteiger partial charge on any atom is -0.197 e. The van der Waals surface area contributed by atoms with Crippen LogP contribution < -0.4 is 0 Å². The van der Waals surface area contributed by atoms with Gasteiger partial charge in [0, 0.05) is 41.5 Å². The largest absolute Gasteiger partial charge is 0.197 e. The number of rotatable bonds is 0. The predicted octanol–water partition coefficient (Wildman–Crippen LogP) is -1.10. The Labute approximate surface area is 58.0 Å². The van der Waals surface area contributed by atoms with Crippen LogP contribution in [0.15, 0.2) is 0 Å². The molecule has 1 nitrogen and oxygen atoms in total. The van der Waals surface area contributed by atoms with Crippen molar-refractivity contribution in [1.29, 1.82) is 0 Å². The molecule has 0 aromatic carbocycles. The smallest absolute Gasteiger partial charge is 0.197 e. The zero-order valence-corrected chi connectivity index (χ0v) is 7.59. The molecule has 0 fully saturated rings. The fraction of sp³-hybridized carbons (Fsp3) is 0. The van der Waals surface area contributed by atoms with Crippen molar-refractivity contribution in [2.24, 2.45) is 0 Å². The Morgan fingerprint density at radius 1 is 1.25 bits per heavy atom. The van der Waals surface area contributed by atoms with Crippen LogP contribution in [0.1, 0.15) is 0 Å². The average Bonchev–Trinajstić information content (AvgIpc) is 1.00. The van der Waals surface area contributed by atoms with Gasteiger partial charge in [0.1, 0.15) is 0 Å². The Morgan fingerprint density at radius 3 is 1.25 bits per heavy atom. The molecule has 0 amide bonds. The van der Waals surface area contributed by atoms with Crippen LogP contribution >= 0.6 is 0 Å². The van der Waals surface area contributed by atoms with Gasteiger partial charge >= 0.3 is 0 Å². The zero-order valence-electron chi connectivity index (χ0n) is 1.82. The van der Waals surface area contributed by atoms with E-state index >= 15 is 0 Å². The molecule has 0 bridgehead atoms. The van der Waals surface area contributed by atoms with Gasteiger partial charge in [-0.2, -0.15) is 4.21 Å². The standard InChI is InChI=1S/Ge.OS.Sn/c;1-2;. The van der Waals surface area contributed by atoms with E-state index in [1.807, 2.05) is 0 Å². The molecule has 0 atom stereocenters. The first kappa shape index (κ1) is 18.3. The summed E-state index contributed by atoms with van der Waals surface area (Å²) in [6, 6.07) is 0. The molecule has 0 saturated heterocycles. The Balaban J connectivity index is -0.00000000500. The molecular weight excluding hydrogens is 239 g/mol. The van der Waals surface area contributed by atoms with Crippen LogP contribution in [0.25, 0.3) is 0 Å². The molecule has 8 radical (unpaired) electrons. The molecule has 0 rings (SSSR count). The summed E-state index contributed by atoms with van der Waals surface area (Å²) < 4.78 is 7.83. The summed E-state index contributed by atoms with van der Waals surface area (Å²) >= 11 is 2.83. The van der Waals surface area contributed by atoms with Crippen LogP contribution in [0.4, 0.5) is 0 Å². The third kappa shape index (κ3) is 10.1. The monoisotopic (exact) mass is 242 g/mol. The second-order valence-corrected chi connectivity index (χ2v) is 0. The van der Waals surface area contributed by atoms with Crippen LogP contribution in [-0.4, -0.2) is 45.7 Å². The number of hydrogen-bond acceptors (Lipinski definition) is 2. The molecule has 0 aromatic rings. The molecule has 0 heterocycles. The molecule has 20 valence electrons. The topological polar surface area (TPSA) is 17.1 Å². The molecule has 0 aliphatic carbocycles. The molecule has 0 aliphatic rings. The van der Waals surface area contributed by atoms with Gasteiger partial charge < -0.3 is 0 Å². The number of hydrogen-bond donors (Lipinski definition) is 0. The summed E-state index contributed by atoms with van der Waals surface area (Å²) in [5, 5.41) is 0. The van der Waals surface area contributed by atoms with E-state index in [4.69, 9.17) is 4.21 Å². The summed E-state index contributed by atoms with van der Waals surface area (Å²) in [5.74, 6) is 0. The van der Waals surface area contributed by atoms with Crippen LogP contribution in [0.5, 0.6) is 0 Å². The molecule has 4 heavy (non-hydrogen) atoms. The maximum absolute atomic E-state index is 7.83. The normalized spacial score (nSPS) is 1.00. The van der Waals surface area contributed by atoms with Crippen LogP contribution in [0.2, 0.25) is 0 Å². The third-order valence-electron chi connectivity index (χ3n) is 0. The van der Waals surface area contributed by atoms with E-state index in [-0.39, 0.29) is 41.5 Å². The quantitative estimate of drug-likeness (QED) is 0.499. The van der Waals surface area contributed by atoms with Gasteiger partial charge in [-0.3, -0.25) is 0 Å². The SMILES string of the molecule is O=S.[Ge].[Sn]. The van der Waals surface area contributed by atoms with Crippen LogP contribution in [-0.2, 0) is 12.5 Å². The molecule has 0 spiro atoms. The summed E-state index contributed by atoms with van der Waals surface area (Å²) in [6.07, 6.45) is 0. The molecule has 0 unspecified atom stereocenters. The van der Waals surface area contributed by atoms with Gasteiger partial charge in [0.15, 0.2) is 12.5 Å². The second-order valence-electron chi connectivity index (χ2n) is 0. The summed E-state index contributed by atoms with van der Waals surface area (Å²) in [7, 11) is 0. The van der Waals surface area contributed by atoms with Crippen molar-refractivity contribution < 1.29 is 4.21 Å². The average molecular weight is 239 g/mol. The van der Waals surface area contributed by atoms with Crippen molar-refractivity contribution in [2.75, 3.05) is 0 Å². The second kappa shape index (κ2) is 26.6. The van der Waals surface area contributed by atoms with Gasteiger partial charge in [0.2, 0.25) is 0 Å². The van der Waals surface area contributed by atoms with E-state index in [0.717, 1.165) is 0 Å². The minimum atomic E-state index is 0. The third-order valence-corrected chi connectivity index (χ3v) is 0. The van der Waals surface area contributed by atoms with Crippen LogP contribution in [0.3, 0.4) is 0 Å². The van der Waals surface area contributed by atoms with Gasteiger partial charge in [-0.25, -0.2) is 0 Å². The Hall–Kier alpha value is 1.36. The summed E-state index contributed by atoms with van der Waals surface area (Å²) in [4.78, 5) is 0. The predicted molar refractivity (Wildman–Crippen MR) is 19.7 cm³/mol.